The summed E-state index contributed by atoms with van der Waals surface area (Å²) in [7, 11) is 1.24. The van der Waals surface area contributed by atoms with E-state index >= 15 is 4.39 Å². The van der Waals surface area contributed by atoms with Gasteiger partial charge in [0.2, 0.25) is 5.43 Å². The summed E-state index contributed by atoms with van der Waals surface area (Å²) in [4.78, 5) is 43.6. The number of carbonyl (C=O) groups excluding carboxylic acids is 2. The van der Waals surface area contributed by atoms with Gasteiger partial charge in [-0.25, -0.2) is 9.18 Å². The van der Waals surface area contributed by atoms with Gasteiger partial charge in [-0.1, -0.05) is 39.2 Å². The van der Waals surface area contributed by atoms with Crippen molar-refractivity contribution in [2.45, 2.75) is 83.3 Å². The number of anilines is 1. The summed E-state index contributed by atoms with van der Waals surface area (Å²) < 4.78 is 22.1. The lowest BCUT2D eigenvalue weighted by atomic mass is 9.95. The van der Waals surface area contributed by atoms with Crippen molar-refractivity contribution in [2.24, 2.45) is 0 Å². The van der Waals surface area contributed by atoms with Crippen molar-refractivity contribution in [3.63, 3.8) is 0 Å². The van der Waals surface area contributed by atoms with Gasteiger partial charge in [0.05, 0.1) is 18.3 Å². The predicted molar refractivity (Wildman–Crippen MR) is 157 cm³/mol. The minimum Gasteiger partial charge on any atom is -0.467 e. The maximum Gasteiger partial charge on any atom is 0.328 e. The number of hydrogen-bond donors (Lipinski definition) is 2. The van der Waals surface area contributed by atoms with Gasteiger partial charge in [0.25, 0.3) is 5.91 Å². The van der Waals surface area contributed by atoms with Crippen LogP contribution in [0.15, 0.2) is 47.7 Å². The molecule has 1 aliphatic carbocycles. The van der Waals surface area contributed by atoms with E-state index in [1.165, 1.54) is 19.6 Å². The molecule has 0 saturated heterocycles. The summed E-state index contributed by atoms with van der Waals surface area (Å²) >= 11 is 0. The number of benzene rings is 1. The Bertz CT molecular complexity index is 1370. The average Bonchev–Trinajstić information content (AvgIpc) is 2.95. The summed E-state index contributed by atoms with van der Waals surface area (Å²) in [6.45, 7) is 4.06. The number of esters is 1. The molecule has 4 rings (SSSR count). The zero-order valence-corrected chi connectivity index (χ0v) is 24.1. The highest BCUT2D eigenvalue weighted by molar-refractivity contribution is 5.99. The van der Waals surface area contributed by atoms with E-state index in [2.05, 4.69) is 15.6 Å². The van der Waals surface area contributed by atoms with Crippen molar-refractivity contribution in [3.05, 3.63) is 70.0 Å². The number of hydrogen-bond acceptors (Lipinski definition) is 6. The van der Waals surface area contributed by atoms with Crippen molar-refractivity contribution in [1.29, 1.82) is 0 Å². The summed E-state index contributed by atoms with van der Waals surface area (Å²) in [5.74, 6) is -1.88. The Morgan fingerprint density at radius 3 is 2.52 bits per heavy atom. The molecule has 1 saturated carbocycles. The monoisotopic (exact) mass is 572 g/mol. The van der Waals surface area contributed by atoms with Crippen LogP contribution in [0.25, 0.3) is 10.9 Å². The van der Waals surface area contributed by atoms with Gasteiger partial charge in [0, 0.05) is 42.5 Å². The lowest BCUT2D eigenvalue weighted by molar-refractivity contribution is -0.142. The Kier molecular flexibility index (Phi) is 11.1. The molecule has 2 aromatic heterocycles. The molecule has 2 heterocycles. The quantitative estimate of drug-likeness (QED) is 0.308. The van der Waals surface area contributed by atoms with Crippen LogP contribution in [0.3, 0.4) is 0 Å². The first-order chi connectivity index (χ1) is 18.9. The van der Waals surface area contributed by atoms with Gasteiger partial charge in [-0.05, 0) is 49.4 Å². The summed E-state index contributed by atoms with van der Waals surface area (Å²) in [6.07, 6.45) is 11.8. The van der Waals surface area contributed by atoms with Crippen molar-refractivity contribution in [3.8, 4) is 0 Å². The van der Waals surface area contributed by atoms with E-state index in [9.17, 15) is 14.4 Å². The third-order valence-corrected chi connectivity index (χ3v) is 7.62. The number of rotatable bonds is 10. The third-order valence-electron chi connectivity index (χ3n) is 7.62. The Balaban J connectivity index is 0.00000441. The van der Waals surface area contributed by atoms with Gasteiger partial charge in [0.1, 0.15) is 17.4 Å². The van der Waals surface area contributed by atoms with Crippen molar-refractivity contribution >= 4 is 40.9 Å². The SMILES string of the molecule is CCC(CC)n1cc(C(=O)N[C@H](Cc2cccnc2)C(=O)OC)c(=O)c2cc(F)c(NC3CCCCC3)cc21.Cl. The topological polar surface area (TPSA) is 102 Å². The highest BCUT2D eigenvalue weighted by Crippen LogP contribution is 2.29. The molecule has 0 aliphatic heterocycles. The fraction of sp³-hybridized carbons (Fsp3) is 0.467. The number of fused-ring (bicyclic) bond motifs is 1. The summed E-state index contributed by atoms with van der Waals surface area (Å²) in [6, 6.07) is 5.59. The number of methoxy groups -OCH3 is 1. The van der Waals surface area contributed by atoms with E-state index in [1.807, 2.05) is 18.4 Å². The second kappa shape index (κ2) is 14.3. The molecule has 8 nitrogen and oxygen atoms in total. The smallest absolute Gasteiger partial charge is 0.328 e. The van der Waals surface area contributed by atoms with E-state index in [0.29, 0.717) is 11.2 Å². The number of nitrogens with one attached hydrogen (secondary N) is 2. The third kappa shape index (κ3) is 6.99. The van der Waals surface area contributed by atoms with Crippen LogP contribution in [0.4, 0.5) is 10.1 Å². The van der Waals surface area contributed by atoms with Crippen LogP contribution in [0.5, 0.6) is 0 Å². The normalized spacial score (nSPS) is 14.4. The first-order valence-corrected chi connectivity index (χ1v) is 13.8. The Morgan fingerprint density at radius 2 is 1.90 bits per heavy atom. The second-order valence-corrected chi connectivity index (χ2v) is 10.2. The number of nitrogens with zero attached hydrogens (tertiary/aromatic N) is 2. The summed E-state index contributed by atoms with van der Waals surface area (Å²) in [5, 5.41) is 6.13. The largest absolute Gasteiger partial charge is 0.467 e. The minimum absolute atomic E-state index is 0. The average molecular weight is 573 g/mol. The van der Waals surface area contributed by atoms with Gasteiger partial charge in [-0.3, -0.25) is 14.6 Å². The number of pyridine rings is 2. The zero-order chi connectivity index (χ0) is 27.9. The highest BCUT2D eigenvalue weighted by Gasteiger charge is 2.26. The van der Waals surface area contributed by atoms with E-state index in [1.54, 1.807) is 36.8 Å². The van der Waals surface area contributed by atoms with E-state index in [-0.39, 0.29) is 41.9 Å². The molecule has 1 aromatic carbocycles. The van der Waals surface area contributed by atoms with Gasteiger partial charge in [0.15, 0.2) is 0 Å². The molecule has 0 unspecified atom stereocenters. The number of ether oxygens (including phenoxy) is 1. The predicted octanol–water partition coefficient (Wildman–Crippen LogP) is 5.58. The molecular weight excluding hydrogens is 535 g/mol. The van der Waals surface area contributed by atoms with Crippen LogP contribution in [-0.4, -0.2) is 40.6 Å². The fourth-order valence-electron chi connectivity index (χ4n) is 5.42. The number of halogens is 2. The first kappa shape index (κ1) is 31.1. The molecule has 0 spiro atoms. The molecule has 10 heteroatoms. The molecule has 2 N–H and O–H groups in total. The zero-order valence-electron chi connectivity index (χ0n) is 23.2. The molecule has 0 bridgehead atoms. The molecule has 3 aromatic rings. The molecule has 1 fully saturated rings. The lowest BCUT2D eigenvalue weighted by Gasteiger charge is -2.26. The molecular formula is C30H38ClFN4O4. The standard InChI is InChI=1S/C30H37FN4O4.ClH/c1-4-21(5-2)35-18-23(29(37)34-26(30(38)39-3)14-19-10-9-13-32-17-19)28(36)22-15-24(31)25(16-27(22)35)33-20-11-7-6-8-12-20;/h9-10,13,15-18,20-21,26,33H,4-8,11-12,14H2,1-3H3,(H,34,37);1H/t26-;/m1./s1. The highest BCUT2D eigenvalue weighted by atomic mass is 35.5. The van der Waals surface area contributed by atoms with Gasteiger partial charge in [-0.15, -0.1) is 12.4 Å². The van der Waals surface area contributed by atoms with E-state index in [0.717, 1.165) is 44.1 Å². The molecule has 1 amide bonds. The number of aromatic nitrogens is 2. The maximum absolute atomic E-state index is 15.3. The first-order valence-electron chi connectivity index (χ1n) is 13.8. The van der Waals surface area contributed by atoms with Crippen LogP contribution in [-0.2, 0) is 16.0 Å². The van der Waals surface area contributed by atoms with Crippen LogP contribution >= 0.6 is 12.4 Å². The van der Waals surface area contributed by atoms with Crippen molar-refractivity contribution < 1.29 is 18.7 Å². The number of carbonyl (C=O) groups is 2. The molecule has 1 aliphatic rings. The van der Waals surface area contributed by atoms with Crippen LogP contribution in [0.1, 0.15) is 80.8 Å². The number of amides is 1. The van der Waals surface area contributed by atoms with Gasteiger partial charge in [-0.2, -0.15) is 0 Å². The van der Waals surface area contributed by atoms with Crippen molar-refractivity contribution in [1.82, 2.24) is 14.9 Å². The molecule has 40 heavy (non-hydrogen) atoms. The summed E-state index contributed by atoms with van der Waals surface area (Å²) in [5.41, 5.74) is 0.929. The van der Waals surface area contributed by atoms with Crippen LogP contribution in [0.2, 0.25) is 0 Å². The second-order valence-electron chi connectivity index (χ2n) is 10.2. The van der Waals surface area contributed by atoms with Crippen LogP contribution < -0.4 is 16.1 Å². The Hall–Kier alpha value is -3.46. The Morgan fingerprint density at radius 1 is 1.18 bits per heavy atom. The van der Waals surface area contributed by atoms with Crippen LogP contribution in [0, 0.1) is 5.82 Å². The molecule has 0 radical (unpaired) electrons. The lowest BCUT2D eigenvalue weighted by Crippen LogP contribution is -2.44. The minimum atomic E-state index is -1.03. The Labute approximate surface area is 240 Å². The van der Waals surface area contributed by atoms with Gasteiger partial charge >= 0.3 is 5.97 Å². The van der Waals surface area contributed by atoms with E-state index < -0.39 is 29.2 Å². The molecule has 216 valence electrons. The van der Waals surface area contributed by atoms with Crippen molar-refractivity contribution in [2.75, 3.05) is 12.4 Å². The van der Waals surface area contributed by atoms with Gasteiger partial charge < -0.3 is 19.9 Å². The van der Waals surface area contributed by atoms with E-state index in [4.69, 9.17) is 4.74 Å². The molecule has 1 atom stereocenters. The maximum atomic E-state index is 15.3. The fourth-order valence-corrected chi connectivity index (χ4v) is 5.42.